The zero-order valence-corrected chi connectivity index (χ0v) is 8.75. The molecule has 2 rings (SSSR count). The summed E-state index contributed by atoms with van der Waals surface area (Å²) < 4.78 is 5.10. The first kappa shape index (κ1) is 10.2. The number of nitrogens with zero attached hydrogens (tertiary/aromatic N) is 2. The minimum atomic E-state index is -0.263. The number of ether oxygens (including phenoxy) is 1. The smallest absolute Gasteiger partial charge is 0.275 e. The van der Waals surface area contributed by atoms with E-state index >= 15 is 0 Å². The molecule has 0 fully saturated rings. The molecule has 1 aromatic heterocycles. The molecule has 16 heavy (non-hydrogen) atoms. The summed E-state index contributed by atoms with van der Waals surface area (Å²) in [5.74, 6) is 0.272. The number of carbonyl (C=O) groups excluding carboxylic acids is 1. The molecule has 0 radical (unpaired) electrons. The largest absolute Gasteiger partial charge is 0.496 e. The molecule has 0 aliphatic rings. The van der Waals surface area contributed by atoms with E-state index in [4.69, 9.17) is 4.74 Å². The molecular formula is C11H11N3O2. The Labute approximate surface area is 92.6 Å². The summed E-state index contributed by atoms with van der Waals surface area (Å²) in [6, 6.07) is 8.74. The Morgan fingerprint density at radius 2 is 2.19 bits per heavy atom. The van der Waals surface area contributed by atoms with Crippen molar-refractivity contribution in [3.05, 3.63) is 48.3 Å². The van der Waals surface area contributed by atoms with Gasteiger partial charge in [0, 0.05) is 6.20 Å². The lowest BCUT2D eigenvalue weighted by atomic mass is 10.2. The zero-order valence-electron chi connectivity index (χ0n) is 8.75. The van der Waals surface area contributed by atoms with Gasteiger partial charge in [-0.15, -0.1) is 0 Å². The number of hydrogen-bond donors (Lipinski definition) is 1. The highest BCUT2D eigenvalue weighted by Crippen LogP contribution is 2.16. The molecule has 1 N–H and O–H groups in total. The molecule has 0 unspecified atom stereocenters. The number of amides is 1. The second kappa shape index (κ2) is 4.48. The Morgan fingerprint density at radius 3 is 2.88 bits per heavy atom. The maximum absolute atomic E-state index is 11.8. The second-order valence-corrected chi connectivity index (χ2v) is 3.09. The van der Waals surface area contributed by atoms with Crippen LogP contribution in [-0.2, 0) is 0 Å². The highest BCUT2D eigenvalue weighted by atomic mass is 16.5. The normalized spacial score (nSPS) is 9.81. The van der Waals surface area contributed by atoms with Gasteiger partial charge in [0.25, 0.3) is 5.91 Å². The quantitative estimate of drug-likeness (QED) is 0.842. The minimum Gasteiger partial charge on any atom is -0.496 e. The van der Waals surface area contributed by atoms with E-state index in [1.807, 2.05) is 6.07 Å². The number of aromatic nitrogens is 2. The van der Waals surface area contributed by atoms with Crippen molar-refractivity contribution in [2.45, 2.75) is 0 Å². The van der Waals surface area contributed by atoms with Crippen LogP contribution in [0.25, 0.3) is 0 Å². The summed E-state index contributed by atoms with van der Waals surface area (Å²) in [6.45, 7) is 0. The first-order valence-electron chi connectivity index (χ1n) is 4.75. The van der Waals surface area contributed by atoms with Gasteiger partial charge in [0.05, 0.1) is 18.9 Å². The third kappa shape index (κ3) is 2.03. The molecule has 0 bridgehead atoms. The second-order valence-electron chi connectivity index (χ2n) is 3.09. The monoisotopic (exact) mass is 217 g/mol. The summed E-state index contributed by atoms with van der Waals surface area (Å²) in [5, 5.41) is 3.88. The molecule has 0 saturated carbocycles. The molecule has 0 saturated heterocycles. The molecule has 5 nitrogen and oxygen atoms in total. The SMILES string of the molecule is COc1ccccc1C(=O)Nn1cccn1. The summed E-state index contributed by atoms with van der Waals surface area (Å²) in [5.41, 5.74) is 3.07. The maximum Gasteiger partial charge on any atom is 0.275 e. The van der Waals surface area contributed by atoms with Gasteiger partial charge in [-0.05, 0) is 18.2 Å². The van der Waals surface area contributed by atoms with E-state index in [0.717, 1.165) is 0 Å². The van der Waals surface area contributed by atoms with Gasteiger partial charge < -0.3 is 4.74 Å². The molecule has 0 aliphatic heterocycles. The Bertz CT molecular complexity index is 480. The molecule has 0 atom stereocenters. The average Bonchev–Trinajstić information content (AvgIpc) is 2.81. The summed E-state index contributed by atoms with van der Waals surface area (Å²) in [4.78, 5) is 13.2. The Kier molecular flexibility index (Phi) is 2.86. The topological polar surface area (TPSA) is 56.1 Å². The van der Waals surface area contributed by atoms with Gasteiger partial charge in [0.2, 0.25) is 0 Å². The lowest BCUT2D eigenvalue weighted by Crippen LogP contribution is -2.23. The lowest BCUT2D eigenvalue weighted by Gasteiger charge is -2.08. The van der Waals surface area contributed by atoms with Crippen molar-refractivity contribution in [1.29, 1.82) is 0 Å². The standard InChI is InChI=1S/C11H11N3O2/c1-16-10-6-3-2-5-9(10)11(15)13-14-8-4-7-12-14/h2-8H,1H3,(H,13,15). The van der Waals surface area contributed by atoms with Crippen LogP contribution < -0.4 is 10.2 Å². The van der Waals surface area contributed by atoms with Crippen molar-refractivity contribution in [3.63, 3.8) is 0 Å². The zero-order chi connectivity index (χ0) is 11.4. The van der Waals surface area contributed by atoms with E-state index < -0.39 is 0 Å². The van der Waals surface area contributed by atoms with E-state index in [9.17, 15) is 4.79 Å². The highest BCUT2D eigenvalue weighted by Gasteiger charge is 2.11. The summed E-state index contributed by atoms with van der Waals surface area (Å²) in [7, 11) is 1.53. The van der Waals surface area contributed by atoms with Crippen molar-refractivity contribution < 1.29 is 9.53 Å². The molecule has 1 heterocycles. The van der Waals surface area contributed by atoms with Crippen LogP contribution in [0.3, 0.4) is 0 Å². The Morgan fingerprint density at radius 1 is 1.38 bits per heavy atom. The number of nitrogens with one attached hydrogen (secondary N) is 1. The number of benzene rings is 1. The van der Waals surface area contributed by atoms with Gasteiger partial charge >= 0.3 is 0 Å². The molecule has 2 aromatic rings. The van der Waals surface area contributed by atoms with Crippen LogP contribution in [0.15, 0.2) is 42.7 Å². The van der Waals surface area contributed by atoms with Crippen LogP contribution in [-0.4, -0.2) is 22.9 Å². The molecular weight excluding hydrogens is 206 g/mol. The molecule has 5 heteroatoms. The van der Waals surface area contributed by atoms with E-state index in [-0.39, 0.29) is 5.91 Å². The highest BCUT2D eigenvalue weighted by molar-refractivity contribution is 6.02. The van der Waals surface area contributed by atoms with Crippen LogP contribution in [0.2, 0.25) is 0 Å². The van der Waals surface area contributed by atoms with Crippen LogP contribution >= 0.6 is 0 Å². The van der Waals surface area contributed by atoms with Gasteiger partial charge in [-0.1, -0.05) is 12.1 Å². The van der Waals surface area contributed by atoms with Crippen molar-refractivity contribution in [1.82, 2.24) is 9.89 Å². The minimum absolute atomic E-state index is 0.263. The van der Waals surface area contributed by atoms with Gasteiger partial charge in [0.15, 0.2) is 0 Å². The number of carbonyl (C=O) groups is 1. The van der Waals surface area contributed by atoms with Crippen molar-refractivity contribution in [3.8, 4) is 5.75 Å². The Balaban J connectivity index is 2.21. The molecule has 1 amide bonds. The fourth-order valence-electron chi connectivity index (χ4n) is 1.33. The predicted molar refractivity (Wildman–Crippen MR) is 58.9 cm³/mol. The van der Waals surface area contributed by atoms with Crippen molar-refractivity contribution in [2.75, 3.05) is 12.5 Å². The number of hydrogen-bond acceptors (Lipinski definition) is 3. The number of methoxy groups -OCH3 is 1. The third-order valence-corrected chi connectivity index (χ3v) is 2.07. The van der Waals surface area contributed by atoms with Gasteiger partial charge in [-0.3, -0.25) is 4.79 Å². The first-order chi connectivity index (χ1) is 7.81. The summed E-state index contributed by atoms with van der Waals surface area (Å²) in [6.07, 6.45) is 3.23. The van der Waals surface area contributed by atoms with E-state index in [1.165, 1.54) is 11.9 Å². The fraction of sp³-hybridized carbons (Fsp3) is 0.0909. The van der Waals surface area contributed by atoms with Crippen LogP contribution in [0, 0.1) is 0 Å². The van der Waals surface area contributed by atoms with Crippen molar-refractivity contribution in [2.24, 2.45) is 0 Å². The maximum atomic E-state index is 11.8. The van der Waals surface area contributed by atoms with E-state index in [0.29, 0.717) is 11.3 Å². The lowest BCUT2D eigenvalue weighted by molar-refractivity contribution is 0.100. The van der Waals surface area contributed by atoms with Crippen LogP contribution in [0.4, 0.5) is 0 Å². The molecule has 0 spiro atoms. The van der Waals surface area contributed by atoms with Gasteiger partial charge in [-0.2, -0.15) is 9.89 Å². The molecule has 1 aromatic carbocycles. The molecule has 0 aliphatic carbocycles. The number of para-hydroxylation sites is 1. The first-order valence-corrected chi connectivity index (χ1v) is 4.75. The summed E-state index contributed by atoms with van der Waals surface area (Å²) >= 11 is 0. The number of rotatable bonds is 3. The fourth-order valence-corrected chi connectivity index (χ4v) is 1.33. The average molecular weight is 217 g/mol. The van der Waals surface area contributed by atoms with Gasteiger partial charge in [-0.25, -0.2) is 5.43 Å². The van der Waals surface area contributed by atoms with Crippen molar-refractivity contribution >= 4 is 5.91 Å². The molecule has 82 valence electrons. The predicted octanol–water partition coefficient (Wildman–Crippen LogP) is 1.28. The van der Waals surface area contributed by atoms with Gasteiger partial charge in [0.1, 0.15) is 5.75 Å². The van der Waals surface area contributed by atoms with Crippen LogP contribution in [0.5, 0.6) is 5.75 Å². The van der Waals surface area contributed by atoms with E-state index in [2.05, 4.69) is 10.5 Å². The van der Waals surface area contributed by atoms with Crippen LogP contribution in [0.1, 0.15) is 10.4 Å². The Hall–Kier alpha value is -2.30. The van der Waals surface area contributed by atoms with E-state index in [1.54, 1.807) is 36.7 Å². The third-order valence-electron chi connectivity index (χ3n) is 2.07.